The standard InChI is InChI=1S/C14H22N2O3S/c1-11-4-5-13(19-3)14(10-11)20(17,18)16(2)12-6-8-15-9-7-12/h4-5,10,12,15H,6-9H2,1-3H3. The van der Waals surface area contributed by atoms with Crippen LogP contribution in [0.2, 0.25) is 0 Å². The van der Waals surface area contributed by atoms with Gasteiger partial charge in [-0.1, -0.05) is 6.07 Å². The summed E-state index contributed by atoms with van der Waals surface area (Å²) in [5.74, 6) is 0.399. The molecule has 0 atom stereocenters. The summed E-state index contributed by atoms with van der Waals surface area (Å²) in [6, 6.07) is 5.28. The van der Waals surface area contributed by atoms with E-state index in [1.807, 2.05) is 13.0 Å². The Hall–Kier alpha value is -1.11. The Kier molecular flexibility index (Phi) is 4.67. The van der Waals surface area contributed by atoms with Crippen molar-refractivity contribution in [2.45, 2.75) is 30.7 Å². The van der Waals surface area contributed by atoms with Crippen molar-refractivity contribution >= 4 is 10.0 Å². The number of sulfonamides is 1. The van der Waals surface area contributed by atoms with Crippen LogP contribution in [0.25, 0.3) is 0 Å². The van der Waals surface area contributed by atoms with Crippen LogP contribution in [0.1, 0.15) is 18.4 Å². The molecule has 2 rings (SSSR count). The quantitative estimate of drug-likeness (QED) is 0.912. The van der Waals surface area contributed by atoms with Gasteiger partial charge in [0.2, 0.25) is 10.0 Å². The van der Waals surface area contributed by atoms with E-state index in [4.69, 9.17) is 4.74 Å². The predicted octanol–water partition coefficient (Wildman–Crippen LogP) is 1.38. The summed E-state index contributed by atoms with van der Waals surface area (Å²) >= 11 is 0. The molecule has 1 aliphatic rings. The molecule has 1 fully saturated rings. The Morgan fingerprint density at radius 3 is 2.55 bits per heavy atom. The zero-order valence-electron chi connectivity index (χ0n) is 12.2. The summed E-state index contributed by atoms with van der Waals surface area (Å²) in [7, 11) is -0.369. The minimum Gasteiger partial charge on any atom is -0.495 e. The molecule has 0 saturated carbocycles. The summed E-state index contributed by atoms with van der Waals surface area (Å²) in [6.07, 6.45) is 1.67. The molecule has 1 aromatic carbocycles. The van der Waals surface area contributed by atoms with Crippen LogP contribution in [0.4, 0.5) is 0 Å². The van der Waals surface area contributed by atoms with E-state index in [2.05, 4.69) is 5.32 Å². The van der Waals surface area contributed by atoms with E-state index in [1.165, 1.54) is 11.4 Å². The van der Waals surface area contributed by atoms with E-state index in [-0.39, 0.29) is 10.9 Å². The van der Waals surface area contributed by atoms with Crippen molar-refractivity contribution in [2.75, 3.05) is 27.2 Å². The first-order chi connectivity index (χ1) is 9.46. The fourth-order valence-corrected chi connectivity index (χ4v) is 4.16. The largest absolute Gasteiger partial charge is 0.495 e. The average Bonchev–Trinajstić information content (AvgIpc) is 2.47. The Morgan fingerprint density at radius 1 is 1.30 bits per heavy atom. The highest BCUT2D eigenvalue weighted by Crippen LogP contribution is 2.29. The number of ether oxygens (including phenoxy) is 1. The highest BCUT2D eigenvalue weighted by Gasteiger charge is 2.31. The van der Waals surface area contributed by atoms with Crippen molar-refractivity contribution < 1.29 is 13.2 Å². The fourth-order valence-electron chi connectivity index (χ4n) is 2.51. The van der Waals surface area contributed by atoms with Crippen LogP contribution in [0, 0.1) is 6.92 Å². The number of nitrogens with zero attached hydrogens (tertiary/aromatic N) is 1. The molecular weight excluding hydrogens is 276 g/mol. The number of rotatable bonds is 4. The second-order valence-electron chi connectivity index (χ2n) is 5.16. The van der Waals surface area contributed by atoms with Crippen molar-refractivity contribution in [1.82, 2.24) is 9.62 Å². The zero-order valence-corrected chi connectivity index (χ0v) is 13.0. The first-order valence-corrected chi connectivity index (χ1v) is 8.24. The lowest BCUT2D eigenvalue weighted by atomic mass is 10.1. The third kappa shape index (κ3) is 2.97. The zero-order chi connectivity index (χ0) is 14.8. The number of methoxy groups -OCH3 is 1. The highest BCUT2D eigenvalue weighted by molar-refractivity contribution is 7.89. The van der Waals surface area contributed by atoms with Crippen LogP contribution < -0.4 is 10.1 Å². The monoisotopic (exact) mass is 298 g/mol. The third-order valence-electron chi connectivity index (χ3n) is 3.80. The SMILES string of the molecule is COc1ccc(C)cc1S(=O)(=O)N(C)C1CCNCC1. The Bertz CT molecular complexity index is 566. The second-order valence-corrected chi connectivity index (χ2v) is 7.12. The van der Waals surface area contributed by atoms with Crippen molar-refractivity contribution in [2.24, 2.45) is 0 Å². The lowest BCUT2D eigenvalue weighted by Crippen LogP contribution is -2.43. The molecule has 1 aliphatic heterocycles. The smallest absolute Gasteiger partial charge is 0.246 e. The van der Waals surface area contributed by atoms with Crippen molar-refractivity contribution in [3.63, 3.8) is 0 Å². The van der Waals surface area contributed by atoms with Gasteiger partial charge in [-0.15, -0.1) is 0 Å². The summed E-state index contributed by atoms with van der Waals surface area (Å²) in [5.41, 5.74) is 0.906. The number of aryl methyl sites for hydroxylation is 1. The van der Waals surface area contributed by atoms with E-state index in [9.17, 15) is 8.42 Å². The first kappa shape index (κ1) is 15.3. The maximum absolute atomic E-state index is 12.8. The van der Waals surface area contributed by atoms with Crippen LogP contribution in [-0.2, 0) is 10.0 Å². The van der Waals surface area contributed by atoms with Crippen LogP contribution >= 0.6 is 0 Å². The molecule has 112 valence electrons. The Labute approximate surface area is 121 Å². The normalized spacial score (nSPS) is 17.4. The van der Waals surface area contributed by atoms with Crippen molar-refractivity contribution in [3.05, 3.63) is 23.8 Å². The minimum absolute atomic E-state index is 0.0477. The van der Waals surface area contributed by atoms with Crippen LogP contribution in [0.5, 0.6) is 5.75 Å². The summed E-state index contributed by atoms with van der Waals surface area (Å²) in [6.45, 7) is 3.59. The van der Waals surface area contributed by atoms with Crippen molar-refractivity contribution in [3.8, 4) is 5.75 Å². The van der Waals surface area contributed by atoms with Gasteiger partial charge in [-0.2, -0.15) is 4.31 Å². The lowest BCUT2D eigenvalue weighted by Gasteiger charge is -2.31. The van der Waals surface area contributed by atoms with Gasteiger partial charge < -0.3 is 10.1 Å². The molecule has 0 unspecified atom stereocenters. The van der Waals surface area contributed by atoms with Crippen LogP contribution in [-0.4, -0.2) is 46.0 Å². The van der Waals surface area contributed by atoms with E-state index < -0.39 is 10.0 Å². The van der Waals surface area contributed by atoms with Crippen LogP contribution in [0.3, 0.4) is 0 Å². The number of benzene rings is 1. The predicted molar refractivity (Wildman–Crippen MR) is 78.6 cm³/mol. The number of hydrogen-bond acceptors (Lipinski definition) is 4. The number of nitrogens with one attached hydrogen (secondary N) is 1. The molecule has 5 nitrogen and oxygen atoms in total. The number of piperidine rings is 1. The van der Waals surface area contributed by atoms with Crippen molar-refractivity contribution in [1.29, 1.82) is 0 Å². The first-order valence-electron chi connectivity index (χ1n) is 6.80. The van der Waals surface area contributed by atoms with Gasteiger partial charge in [-0.05, 0) is 50.6 Å². The maximum atomic E-state index is 12.8. The maximum Gasteiger partial charge on any atom is 0.246 e. The van der Waals surface area contributed by atoms with E-state index >= 15 is 0 Å². The lowest BCUT2D eigenvalue weighted by molar-refractivity contribution is 0.295. The summed E-state index contributed by atoms with van der Waals surface area (Å²) in [5, 5.41) is 3.25. The molecule has 6 heteroatoms. The van der Waals surface area contributed by atoms with Gasteiger partial charge in [-0.25, -0.2) is 8.42 Å². The Morgan fingerprint density at radius 2 is 1.95 bits per heavy atom. The second kappa shape index (κ2) is 6.11. The average molecular weight is 298 g/mol. The van der Waals surface area contributed by atoms with Crippen LogP contribution in [0.15, 0.2) is 23.1 Å². The van der Waals surface area contributed by atoms with E-state index in [0.717, 1.165) is 31.5 Å². The molecule has 0 aliphatic carbocycles. The van der Waals surface area contributed by atoms with Gasteiger partial charge in [-0.3, -0.25) is 0 Å². The third-order valence-corrected chi connectivity index (χ3v) is 5.73. The molecule has 0 amide bonds. The number of hydrogen-bond donors (Lipinski definition) is 1. The molecule has 1 N–H and O–H groups in total. The van der Waals surface area contributed by atoms with Gasteiger partial charge in [0.25, 0.3) is 0 Å². The van der Waals surface area contributed by atoms with Gasteiger partial charge in [0.05, 0.1) is 7.11 Å². The van der Waals surface area contributed by atoms with Gasteiger partial charge in [0.1, 0.15) is 10.6 Å². The molecule has 0 aromatic heterocycles. The summed E-state index contributed by atoms with van der Waals surface area (Å²) in [4.78, 5) is 0.251. The summed E-state index contributed by atoms with van der Waals surface area (Å²) < 4.78 is 32.3. The molecule has 0 bridgehead atoms. The minimum atomic E-state index is -3.52. The molecule has 1 aromatic rings. The Balaban J connectivity index is 2.36. The van der Waals surface area contributed by atoms with Gasteiger partial charge >= 0.3 is 0 Å². The van der Waals surface area contributed by atoms with E-state index in [1.54, 1.807) is 19.2 Å². The van der Waals surface area contributed by atoms with E-state index in [0.29, 0.717) is 5.75 Å². The molecule has 20 heavy (non-hydrogen) atoms. The van der Waals surface area contributed by atoms with Gasteiger partial charge in [0.15, 0.2) is 0 Å². The molecule has 0 radical (unpaired) electrons. The molecule has 0 spiro atoms. The van der Waals surface area contributed by atoms with Gasteiger partial charge in [0, 0.05) is 13.1 Å². The molecule has 1 heterocycles. The fraction of sp³-hybridized carbons (Fsp3) is 0.571. The molecule has 1 saturated heterocycles. The molecular formula is C14H22N2O3S. The topological polar surface area (TPSA) is 58.6 Å². The highest BCUT2D eigenvalue weighted by atomic mass is 32.2.